The molecule has 0 amide bonds. The highest BCUT2D eigenvalue weighted by molar-refractivity contribution is 5.29. The quantitative estimate of drug-likeness (QED) is 0.858. The Bertz CT molecular complexity index is 452. The molecule has 1 atom stereocenters. The van der Waals surface area contributed by atoms with Gasteiger partial charge in [0.2, 0.25) is 0 Å². The van der Waals surface area contributed by atoms with Gasteiger partial charge in [0.25, 0.3) is 0 Å². The fraction of sp³-hybridized carbons (Fsp3) is 0.308. The highest BCUT2D eigenvalue weighted by Gasteiger charge is 2.01. The van der Waals surface area contributed by atoms with Crippen molar-refractivity contribution in [3.8, 4) is 5.75 Å². The number of ether oxygens (including phenoxy) is 1. The normalized spacial score (nSPS) is 12.4. The Morgan fingerprint density at radius 3 is 3.00 bits per heavy atom. The summed E-state index contributed by atoms with van der Waals surface area (Å²) in [5, 5.41) is 3.62. The fourth-order valence-corrected chi connectivity index (χ4v) is 1.60. The van der Waals surface area contributed by atoms with Crippen LogP contribution >= 0.6 is 0 Å². The van der Waals surface area contributed by atoms with Crippen LogP contribution in [0.15, 0.2) is 41.2 Å². The van der Waals surface area contributed by atoms with Crippen molar-refractivity contribution in [2.75, 3.05) is 0 Å². The van der Waals surface area contributed by atoms with Gasteiger partial charge >= 0.3 is 0 Å². The smallest absolute Gasteiger partial charge is 0.130 e. The maximum Gasteiger partial charge on any atom is 0.130 e. The lowest BCUT2D eigenvalue weighted by atomic mass is 10.1. The first-order valence-corrected chi connectivity index (χ1v) is 5.59. The highest BCUT2D eigenvalue weighted by atomic mass is 16.5. The zero-order valence-corrected chi connectivity index (χ0v) is 9.80. The highest BCUT2D eigenvalue weighted by Crippen LogP contribution is 2.16. The van der Waals surface area contributed by atoms with Gasteiger partial charge in [-0.05, 0) is 31.0 Å². The van der Waals surface area contributed by atoms with Crippen molar-refractivity contribution < 1.29 is 9.26 Å². The lowest BCUT2D eigenvalue weighted by Crippen LogP contribution is -2.17. The molecule has 0 aliphatic carbocycles. The minimum atomic E-state index is 0.156. The van der Waals surface area contributed by atoms with Crippen LogP contribution in [0, 0.1) is 0 Å². The van der Waals surface area contributed by atoms with Gasteiger partial charge in [0, 0.05) is 11.6 Å². The number of rotatable bonds is 5. The van der Waals surface area contributed by atoms with Crippen LogP contribution in [-0.2, 0) is 13.0 Å². The van der Waals surface area contributed by atoms with Crippen molar-refractivity contribution >= 4 is 0 Å². The molecule has 2 rings (SSSR count). The van der Waals surface area contributed by atoms with E-state index < -0.39 is 0 Å². The lowest BCUT2D eigenvalue weighted by molar-refractivity contribution is 0.304. The molecule has 17 heavy (non-hydrogen) atoms. The third kappa shape index (κ3) is 3.60. The SMILES string of the molecule is CC(N)Cc1cccc(OCc2cnoc2)c1. The molecule has 2 N–H and O–H groups in total. The van der Waals surface area contributed by atoms with E-state index in [0.29, 0.717) is 6.61 Å². The van der Waals surface area contributed by atoms with Gasteiger partial charge in [0.05, 0.1) is 6.20 Å². The van der Waals surface area contributed by atoms with Crippen LogP contribution in [0.5, 0.6) is 5.75 Å². The second-order valence-corrected chi connectivity index (χ2v) is 4.15. The molecule has 0 fully saturated rings. The Labute approximate surface area is 100 Å². The van der Waals surface area contributed by atoms with E-state index in [2.05, 4.69) is 11.2 Å². The molecule has 1 heterocycles. The van der Waals surface area contributed by atoms with E-state index in [0.717, 1.165) is 17.7 Å². The van der Waals surface area contributed by atoms with Gasteiger partial charge in [-0.1, -0.05) is 17.3 Å². The van der Waals surface area contributed by atoms with Crippen molar-refractivity contribution in [3.63, 3.8) is 0 Å². The van der Waals surface area contributed by atoms with Crippen molar-refractivity contribution in [2.24, 2.45) is 5.73 Å². The predicted molar refractivity (Wildman–Crippen MR) is 64.6 cm³/mol. The molecule has 0 radical (unpaired) electrons. The van der Waals surface area contributed by atoms with Gasteiger partial charge in [-0.15, -0.1) is 0 Å². The molecular weight excluding hydrogens is 216 g/mol. The van der Waals surface area contributed by atoms with Crippen LogP contribution in [0.2, 0.25) is 0 Å². The van der Waals surface area contributed by atoms with Crippen LogP contribution in [0.3, 0.4) is 0 Å². The van der Waals surface area contributed by atoms with E-state index in [9.17, 15) is 0 Å². The zero-order chi connectivity index (χ0) is 12.1. The standard InChI is InChI=1S/C13H16N2O2/c1-10(14)5-11-3-2-4-13(6-11)16-8-12-7-15-17-9-12/h2-4,6-7,9-10H,5,8,14H2,1H3. The van der Waals surface area contributed by atoms with Crippen LogP contribution in [-0.4, -0.2) is 11.2 Å². The number of nitrogens with zero attached hydrogens (tertiary/aromatic N) is 1. The van der Waals surface area contributed by atoms with Crippen LogP contribution in [0.25, 0.3) is 0 Å². The van der Waals surface area contributed by atoms with Gasteiger partial charge < -0.3 is 15.0 Å². The molecule has 4 heteroatoms. The van der Waals surface area contributed by atoms with Crippen molar-refractivity contribution in [1.29, 1.82) is 0 Å². The Morgan fingerprint density at radius 1 is 1.41 bits per heavy atom. The average molecular weight is 232 g/mol. The second kappa shape index (κ2) is 5.50. The number of nitrogens with two attached hydrogens (primary N) is 1. The number of hydrogen-bond donors (Lipinski definition) is 1. The molecule has 0 bridgehead atoms. The summed E-state index contributed by atoms with van der Waals surface area (Å²) in [4.78, 5) is 0. The monoisotopic (exact) mass is 232 g/mol. The minimum Gasteiger partial charge on any atom is -0.489 e. The minimum absolute atomic E-state index is 0.156. The maximum absolute atomic E-state index is 5.76. The summed E-state index contributed by atoms with van der Waals surface area (Å²) < 4.78 is 10.4. The first-order valence-electron chi connectivity index (χ1n) is 5.59. The van der Waals surface area contributed by atoms with Gasteiger partial charge in [-0.3, -0.25) is 0 Å². The molecule has 0 saturated carbocycles. The van der Waals surface area contributed by atoms with Crippen LogP contribution < -0.4 is 10.5 Å². The number of hydrogen-bond acceptors (Lipinski definition) is 4. The molecule has 0 aliphatic rings. The Kier molecular flexibility index (Phi) is 3.77. The lowest BCUT2D eigenvalue weighted by Gasteiger charge is -2.08. The first-order chi connectivity index (χ1) is 8.24. The van der Waals surface area contributed by atoms with E-state index in [1.165, 1.54) is 5.56 Å². The molecule has 1 aromatic carbocycles. The largest absolute Gasteiger partial charge is 0.489 e. The topological polar surface area (TPSA) is 61.3 Å². The zero-order valence-electron chi connectivity index (χ0n) is 9.80. The van der Waals surface area contributed by atoms with Crippen molar-refractivity contribution in [2.45, 2.75) is 26.0 Å². The van der Waals surface area contributed by atoms with Gasteiger partial charge in [-0.25, -0.2) is 0 Å². The van der Waals surface area contributed by atoms with E-state index in [1.54, 1.807) is 12.5 Å². The number of aromatic nitrogens is 1. The Hall–Kier alpha value is -1.81. The molecule has 0 saturated heterocycles. The summed E-state index contributed by atoms with van der Waals surface area (Å²) in [6.45, 7) is 2.45. The molecule has 1 unspecified atom stereocenters. The summed E-state index contributed by atoms with van der Waals surface area (Å²) in [6, 6.07) is 8.12. The van der Waals surface area contributed by atoms with E-state index in [1.807, 2.05) is 25.1 Å². The molecule has 0 spiro atoms. The van der Waals surface area contributed by atoms with Crippen molar-refractivity contribution in [1.82, 2.24) is 5.16 Å². The van der Waals surface area contributed by atoms with E-state index in [4.69, 9.17) is 15.0 Å². The van der Waals surface area contributed by atoms with E-state index in [-0.39, 0.29) is 6.04 Å². The summed E-state index contributed by atoms with van der Waals surface area (Å²) in [5.74, 6) is 0.837. The second-order valence-electron chi connectivity index (χ2n) is 4.15. The Balaban J connectivity index is 1.96. The third-order valence-corrected chi connectivity index (χ3v) is 2.35. The molecule has 90 valence electrons. The summed E-state index contributed by atoms with van der Waals surface area (Å²) >= 11 is 0. The average Bonchev–Trinajstić information content (AvgIpc) is 2.79. The van der Waals surface area contributed by atoms with Crippen LogP contribution in [0.1, 0.15) is 18.1 Å². The summed E-state index contributed by atoms with van der Waals surface area (Å²) in [5.41, 5.74) is 7.87. The van der Waals surface area contributed by atoms with Gasteiger partial charge in [0.1, 0.15) is 18.6 Å². The van der Waals surface area contributed by atoms with Crippen LogP contribution in [0.4, 0.5) is 0 Å². The van der Waals surface area contributed by atoms with Gasteiger partial charge in [0.15, 0.2) is 0 Å². The molecule has 0 aliphatic heterocycles. The van der Waals surface area contributed by atoms with Gasteiger partial charge in [-0.2, -0.15) is 0 Å². The number of benzene rings is 1. The fourth-order valence-electron chi connectivity index (χ4n) is 1.60. The van der Waals surface area contributed by atoms with Crippen molar-refractivity contribution in [3.05, 3.63) is 47.9 Å². The molecule has 1 aromatic heterocycles. The maximum atomic E-state index is 5.76. The Morgan fingerprint density at radius 2 is 2.29 bits per heavy atom. The third-order valence-electron chi connectivity index (χ3n) is 2.35. The molecule has 4 nitrogen and oxygen atoms in total. The molecule has 2 aromatic rings. The first kappa shape index (κ1) is 11.7. The van der Waals surface area contributed by atoms with E-state index >= 15 is 0 Å². The molecular formula is C13H16N2O2. The predicted octanol–water partition coefficient (Wildman–Crippen LogP) is 2.14. The summed E-state index contributed by atoms with van der Waals surface area (Å²) in [6.07, 6.45) is 4.07. The summed E-state index contributed by atoms with van der Waals surface area (Å²) in [7, 11) is 0.